The Balaban J connectivity index is 2.39. The summed E-state index contributed by atoms with van der Waals surface area (Å²) < 4.78 is 5.21. The minimum atomic E-state index is -0.647. The van der Waals surface area contributed by atoms with Crippen LogP contribution in [-0.2, 0) is 9.53 Å². The van der Waals surface area contributed by atoms with E-state index in [4.69, 9.17) is 9.84 Å². The van der Waals surface area contributed by atoms with Crippen LogP contribution in [0, 0.1) is 5.92 Å². The van der Waals surface area contributed by atoms with E-state index in [2.05, 4.69) is 0 Å². The maximum atomic E-state index is 10.7. The molecule has 0 amide bonds. The average Bonchev–Trinajstić information content (AvgIpc) is 2.28. The highest BCUT2D eigenvalue weighted by Gasteiger charge is 2.22. The summed E-state index contributed by atoms with van der Waals surface area (Å²) in [5.74, 6) is -0.781. The third kappa shape index (κ3) is 2.48. The molecule has 1 aliphatic carbocycles. The highest BCUT2D eigenvalue weighted by Crippen LogP contribution is 2.24. The normalized spacial score (nSPS) is 31.1. The maximum absolute atomic E-state index is 10.7. The molecule has 0 aromatic heterocycles. The fourth-order valence-corrected chi connectivity index (χ4v) is 1.75. The van der Waals surface area contributed by atoms with E-state index in [9.17, 15) is 4.79 Å². The van der Waals surface area contributed by atoms with Gasteiger partial charge in [0, 0.05) is 7.11 Å². The van der Waals surface area contributed by atoms with Gasteiger partial charge in [-0.3, -0.25) is 4.79 Å². The van der Waals surface area contributed by atoms with Gasteiger partial charge in [0.05, 0.1) is 12.0 Å². The van der Waals surface area contributed by atoms with Crippen molar-refractivity contribution in [2.75, 3.05) is 7.11 Å². The first-order chi connectivity index (χ1) is 5.74. The lowest BCUT2D eigenvalue weighted by Gasteiger charge is -2.10. The van der Waals surface area contributed by atoms with E-state index >= 15 is 0 Å². The minimum Gasteiger partial charge on any atom is -0.481 e. The quantitative estimate of drug-likeness (QED) is 0.644. The summed E-state index contributed by atoms with van der Waals surface area (Å²) in [6, 6.07) is 0. The summed E-state index contributed by atoms with van der Waals surface area (Å²) >= 11 is 0. The third-order valence-corrected chi connectivity index (χ3v) is 2.60. The van der Waals surface area contributed by atoms with Crippen molar-refractivity contribution in [1.29, 1.82) is 0 Å². The van der Waals surface area contributed by atoms with Crippen LogP contribution in [0.3, 0.4) is 0 Å². The van der Waals surface area contributed by atoms with Crippen molar-refractivity contribution >= 4 is 5.97 Å². The van der Waals surface area contributed by atoms with Crippen molar-refractivity contribution in [2.24, 2.45) is 5.92 Å². The number of carboxylic acids is 1. The second kappa shape index (κ2) is 4.45. The summed E-state index contributed by atoms with van der Waals surface area (Å²) in [6.45, 7) is 0. The molecule has 2 atom stereocenters. The zero-order valence-electron chi connectivity index (χ0n) is 7.45. The zero-order chi connectivity index (χ0) is 8.97. The van der Waals surface area contributed by atoms with Crippen LogP contribution < -0.4 is 0 Å². The van der Waals surface area contributed by atoms with Gasteiger partial charge in [-0.1, -0.05) is 6.42 Å². The molecule has 1 fully saturated rings. The molecule has 3 nitrogen and oxygen atoms in total. The first-order valence-corrected chi connectivity index (χ1v) is 4.49. The topological polar surface area (TPSA) is 46.5 Å². The van der Waals surface area contributed by atoms with Crippen LogP contribution in [0.5, 0.6) is 0 Å². The molecule has 0 aromatic rings. The Morgan fingerprint density at radius 1 is 1.33 bits per heavy atom. The summed E-state index contributed by atoms with van der Waals surface area (Å²) in [5.41, 5.74) is 0. The highest BCUT2D eigenvalue weighted by atomic mass is 16.5. The smallest absolute Gasteiger partial charge is 0.306 e. The van der Waals surface area contributed by atoms with Gasteiger partial charge in [0.15, 0.2) is 0 Å². The Kier molecular flexibility index (Phi) is 3.53. The van der Waals surface area contributed by atoms with Crippen LogP contribution >= 0.6 is 0 Å². The van der Waals surface area contributed by atoms with Crippen molar-refractivity contribution in [2.45, 2.75) is 38.2 Å². The van der Waals surface area contributed by atoms with Gasteiger partial charge < -0.3 is 9.84 Å². The van der Waals surface area contributed by atoms with Crippen LogP contribution in [0.1, 0.15) is 32.1 Å². The molecule has 1 aliphatic rings. The van der Waals surface area contributed by atoms with Crippen molar-refractivity contribution in [3.05, 3.63) is 0 Å². The molecule has 0 bridgehead atoms. The van der Waals surface area contributed by atoms with Gasteiger partial charge in [-0.15, -0.1) is 0 Å². The van der Waals surface area contributed by atoms with Crippen LogP contribution in [0.25, 0.3) is 0 Å². The lowest BCUT2D eigenvalue weighted by molar-refractivity contribution is -0.142. The fourth-order valence-electron chi connectivity index (χ4n) is 1.75. The van der Waals surface area contributed by atoms with E-state index in [1.54, 1.807) is 7.11 Å². The summed E-state index contributed by atoms with van der Waals surface area (Å²) in [5, 5.41) is 8.78. The number of aliphatic carboxylic acids is 1. The molecule has 3 heteroatoms. The highest BCUT2D eigenvalue weighted by molar-refractivity contribution is 5.69. The minimum absolute atomic E-state index is 0.134. The number of methoxy groups -OCH3 is 1. The first-order valence-electron chi connectivity index (χ1n) is 4.49. The van der Waals surface area contributed by atoms with Crippen molar-refractivity contribution in [1.82, 2.24) is 0 Å². The Bertz CT molecular complexity index is 156. The lowest BCUT2D eigenvalue weighted by atomic mass is 10.0. The molecule has 0 aromatic carbocycles. The monoisotopic (exact) mass is 172 g/mol. The van der Waals surface area contributed by atoms with Crippen molar-refractivity contribution in [3.63, 3.8) is 0 Å². The predicted octanol–water partition coefficient (Wildman–Crippen LogP) is 1.67. The van der Waals surface area contributed by atoms with E-state index in [0.717, 1.165) is 32.1 Å². The molecule has 12 heavy (non-hydrogen) atoms. The van der Waals surface area contributed by atoms with E-state index in [-0.39, 0.29) is 12.0 Å². The number of carbonyl (C=O) groups is 1. The van der Waals surface area contributed by atoms with Crippen LogP contribution in [0.2, 0.25) is 0 Å². The van der Waals surface area contributed by atoms with Crippen LogP contribution in [0.4, 0.5) is 0 Å². The molecule has 0 heterocycles. The van der Waals surface area contributed by atoms with E-state index in [1.165, 1.54) is 0 Å². The fraction of sp³-hybridized carbons (Fsp3) is 0.889. The van der Waals surface area contributed by atoms with Gasteiger partial charge in [-0.05, 0) is 25.7 Å². The number of rotatable bonds is 2. The first kappa shape index (κ1) is 9.52. The van der Waals surface area contributed by atoms with Gasteiger partial charge in [0.2, 0.25) is 0 Å². The van der Waals surface area contributed by atoms with Gasteiger partial charge in [-0.2, -0.15) is 0 Å². The number of hydrogen-bond acceptors (Lipinski definition) is 2. The molecule has 1 saturated carbocycles. The Morgan fingerprint density at radius 2 is 2.08 bits per heavy atom. The third-order valence-electron chi connectivity index (χ3n) is 2.60. The van der Waals surface area contributed by atoms with Gasteiger partial charge in [0.25, 0.3) is 0 Å². The van der Waals surface area contributed by atoms with E-state index < -0.39 is 5.97 Å². The molecule has 1 N–H and O–H groups in total. The molecule has 0 saturated heterocycles. The number of ether oxygens (including phenoxy) is 1. The van der Waals surface area contributed by atoms with Crippen LogP contribution in [0.15, 0.2) is 0 Å². The summed E-state index contributed by atoms with van der Waals surface area (Å²) in [7, 11) is 1.70. The van der Waals surface area contributed by atoms with Crippen molar-refractivity contribution < 1.29 is 14.6 Å². The second-order valence-corrected chi connectivity index (χ2v) is 3.40. The Labute approximate surface area is 72.7 Å². The number of hydrogen-bond donors (Lipinski definition) is 1. The SMILES string of the molecule is COC1CCCC(C(=O)O)CC1. The standard InChI is InChI=1S/C9H16O3/c1-12-8-4-2-3-7(5-6-8)9(10)11/h7-8H,2-6H2,1H3,(H,10,11). The van der Waals surface area contributed by atoms with Gasteiger partial charge >= 0.3 is 5.97 Å². The molecule has 0 radical (unpaired) electrons. The molecule has 0 aliphatic heterocycles. The van der Waals surface area contributed by atoms with E-state index in [1.807, 2.05) is 0 Å². The predicted molar refractivity (Wildman–Crippen MR) is 45.0 cm³/mol. The molecule has 0 spiro atoms. The molecule has 2 unspecified atom stereocenters. The van der Waals surface area contributed by atoms with E-state index in [0.29, 0.717) is 0 Å². The lowest BCUT2D eigenvalue weighted by Crippen LogP contribution is -2.13. The van der Waals surface area contributed by atoms with Crippen molar-refractivity contribution in [3.8, 4) is 0 Å². The van der Waals surface area contributed by atoms with Crippen LogP contribution in [-0.4, -0.2) is 24.3 Å². The average molecular weight is 172 g/mol. The molecule has 70 valence electrons. The van der Waals surface area contributed by atoms with Gasteiger partial charge in [-0.25, -0.2) is 0 Å². The van der Waals surface area contributed by atoms with Gasteiger partial charge in [0.1, 0.15) is 0 Å². The largest absolute Gasteiger partial charge is 0.481 e. The Hall–Kier alpha value is -0.570. The zero-order valence-corrected chi connectivity index (χ0v) is 7.45. The number of carboxylic acid groups (broad SMARTS) is 1. The summed E-state index contributed by atoms with van der Waals surface area (Å²) in [6.07, 6.45) is 4.76. The Morgan fingerprint density at radius 3 is 2.67 bits per heavy atom. The second-order valence-electron chi connectivity index (χ2n) is 3.40. The maximum Gasteiger partial charge on any atom is 0.306 e. The molecule has 1 rings (SSSR count). The summed E-state index contributed by atoms with van der Waals surface area (Å²) in [4.78, 5) is 10.7. The molecular weight excluding hydrogens is 156 g/mol. The molecular formula is C9H16O3.